The molecule has 1 fully saturated rings. The van der Waals surface area contributed by atoms with E-state index < -0.39 is 0 Å². The molecule has 0 aliphatic carbocycles. The SMILES string of the molecule is Cc1cc(N2CCN(C(=O)CCCn3nnc(-c4ccccc4)n3)CC2)nc(C(C)C)n1. The first-order valence-electron chi connectivity index (χ1n) is 11.2. The lowest BCUT2D eigenvalue weighted by atomic mass is 10.2. The van der Waals surface area contributed by atoms with Gasteiger partial charge in [0.25, 0.3) is 0 Å². The van der Waals surface area contributed by atoms with Crippen LogP contribution in [0.15, 0.2) is 36.4 Å². The number of amides is 1. The molecule has 0 unspecified atom stereocenters. The van der Waals surface area contributed by atoms with Gasteiger partial charge in [-0.3, -0.25) is 4.79 Å². The number of carbonyl (C=O) groups excluding carboxylic acids is 1. The molecule has 1 saturated heterocycles. The highest BCUT2D eigenvalue weighted by atomic mass is 16.2. The maximum atomic E-state index is 12.7. The third-order valence-corrected chi connectivity index (χ3v) is 5.56. The predicted molar refractivity (Wildman–Crippen MR) is 122 cm³/mol. The number of anilines is 1. The van der Waals surface area contributed by atoms with E-state index in [1.165, 1.54) is 0 Å². The molecule has 0 spiro atoms. The van der Waals surface area contributed by atoms with Gasteiger partial charge in [-0.2, -0.15) is 4.80 Å². The van der Waals surface area contributed by atoms with E-state index in [1.807, 2.05) is 48.2 Å². The molecule has 0 radical (unpaired) electrons. The Balaban J connectivity index is 1.24. The molecule has 1 aliphatic heterocycles. The summed E-state index contributed by atoms with van der Waals surface area (Å²) in [5, 5.41) is 12.6. The molecule has 0 atom stereocenters. The van der Waals surface area contributed by atoms with Gasteiger partial charge < -0.3 is 9.80 Å². The van der Waals surface area contributed by atoms with Gasteiger partial charge in [0.05, 0.1) is 6.54 Å². The van der Waals surface area contributed by atoms with Gasteiger partial charge in [0.15, 0.2) is 0 Å². The zero-order chi connectivity index (χ0) is 22.5. The van der Waals surface area contributed by atoms with Crippen molar-refractivity contribution in [3.8, 4) is 11.4 Å². The van der Waals surface area contributed by atoms with Crippen LogP contribution in [-0.4, -0.2) is 67.2 Å². The molecule has 2 aromatic heterocycles. The quantitative estimate of drug-likeness (QED) is 0.564. The van der Waals surface area contributed by atoms with Gasteiger partial charge in [0.1, 0.15) is 11.6 Å². The summed E-state index contributed by atoms with van der Waals surface area (Å²) in [5.74, 6) is 2.90. The Bertz CT molecular complexity index is 1040. The summed E-state index contributed by atoms with van der Waals surface area (Å²) in [7, 11) is 0. The van der Waals surface area contributed by atoms with Crippen molar-refractivity contribution >= 4 is 11.7 Å². The van der Waals surface area contributed by atoms with Gasteiger partial charge in [-0.1, -0.05) is 44.2 Å². The molecule has 1 amide bonds. The molecule has 3 aromatic rings. The van der Waals surface area contributed by atoms with E-state index in [1.54, 1.807) is 4.80 Å². The second-order valence-corrected chi connectivity index (χ2v) is 8.43. The van der Waals surface area contributed by atoms with Crippen LogP contribution in [0.3, 0.4) is 0 Å². The minimum atomic E-state index is 0.176. The smallest absolute Gasteiger partial charge is 0.222 e. The summed E-state index contributed by atoms with van der Waals surface area (Å²) >= 11 is 0. The van der Waals surface area contributed by atoms with Crippen LogP contribution in [0, 0.1) is 6.92 Å². The zero-order valence-electron chi connectivity index (χ0n) is 19.0. The van der Waals surface area contributed by atoms with Crippen LogP contribution in [0.1, 0.15) is 44.1 Å². The average molecular weight is 435 g/mol. The van der Waals surface area contributed by atoms with E-state index in [4.69, 9.17) is 4.98 Å². The van der Waals surface area contributed by atoms with Crippen molar-refractivity contribution < 1.29 is 4.79 Å². The second kappa shape index (κ2) is 9.84. The van der Waals surface area contributed by atoms with Crippen molar-refractivity contribution in [2.75, 3.05) is 31.1 Å². The van der Waals surface area contributed by atoms with Crippen molar-refractivity contribution in [2.24, 2.45) is 0 Å². The first-order chi connectivity index (χ1) is 15.5. The maximum Gasteiger partial charge on any atom is 0.222 e. The van der Waals surface area contributed by atoms with Gasteiger partial charge in [-0.25, -0.2) is 9.97 Å². The number of piperazine rings is 1. The lowest BCUT2D eigenvalue weighted by molar-refractivity contribution is -0.131. The van der Waals surface area contributed by atoms with Gasteiger partial charge in [0.2, 0.25) is 11.7 Å². The van der Waals surface area contributed by atoms with E-state index in [9.17, 15) is 4.79 Å². The summed E-state index contributed by atoms with van der Waals surface area (Å²) in [6.45, 7) is 9.76. The summed E-state index contributed by atoms with van der Waals surface area (Å²) in [6.07, 6.45) is 1.17. The van der Waals surface area contributed by atoms with E-state index in [0.717, 1.165) is 36.0 Å². The number of rotatable bonds is 7. The molecule has 0 bridgehead atoms. The van der Waals surface area contributed by atoms with Crippen molar-refractivity contribution in [3.63, 3.8) is 0 Å². The molecular weight excluding hydrogens is 404 g/mol. The third kappa shape index (κ3) is 5.27. The molecule has 4 rings (SSSR count). The number of hydrogen-bond donors (Lipinski definition) is 0. The van der Waals surface area contributed by atoms with Crippen molar-refractivity contribution in [1.82, 2.24) is 35.1 Å². The van der Waals surface area contributed by atoms with Crippen molar-refractivity contribution in [2.45, 2.75) is 46.1 Å². The largest absolute Gasteiger partial charge is 0.353 e. The Kier molecular flexibility index (Phi) is 6.72. The molecule has 9 nitrogen and oxygen atoms in total. The van der Waals surface area contributed by atoms with Gasteiger partial charge in [-0.15, -0.1) is 10.2 Å². The monoisotopic (exact) mass is 434 g/mol. The number of benzene rings is 1. The Morgan fingerprint density at radius 1 is 1.06 bits per heavy atom. The van der Waals surface area contributed by atoms with Gasteiger partial charge in [-0.05, 0) is 18.6 Å². The van der Waals surface area contributed by atoms with E-state index in [-0.39, 0.29) is 5.91 Å². The molecule has 1 aromatic carbocycles. The molecule has 0 saturated carbocycles. The van der Waals surface area contributed by atoms with Gasteiger partial charge >= 0.3 is 0 Å². The Hall–Kier alpha value is -3.36. The first kappa shape index (κ1) is 21.9. The van der Waals surface area contributed by atoms with Crippen LogP contribution in [0.4, 0.5) is 5.82 Å². The van der Waals surface area contributed by atoms with Crippen LogP contribution < -0.4 is 4.90 Å². The number of aryl methyl sites for hydroxylation is 2. The lowest BCUT2D eigenvalue weighted by Crippen LogP contribution is -2.49. The number of hydrogen-bond acceptors (Lipinski definition) is 7. The van der Waals surface area contributed by atoms with E-state index in [0.29, 0.717) is 44.2 Å². The molecule has 0 N–H and O–H groups in total. The fraction of sp³-hybridized carbons (Fsp3) is 0.478. The van der Waals surface area contributed by atoms with Crippen LogP contribution >= 0.6 is 0 Å². The predicted octanol–water partition coefficient (Wildman–Crippen LogP) is 2.69. The summed E-state index contributed by atoms with van der Waals surface area (Å²) in [6, 6.07) is 11.8. The maximum absolute atomic E-state index is 12.7. The second-order valence-electron chi connectivity index (χ2n) is 8.43. The highest BCUT2D eigenvalue weighted by Gasteiger charge is 2.22. The van der Waals surface area contributed by atoms with E-state index >= 15 is 0 Å². The van der Waals surface area contributed by atoms with Crippen LogP contribution in [0.25, 0.3) is 11.4 Å². The third-order valence-electron chi connectivity index (χ3n) is 5.56. The number of nitrogens with zero attached hydrogens (tertiary/aromatic N) is 8. The Morgan fingerprint density at radius 2 is 1.81 bits per heavy atom. The molecular formula is C23H30N8O. The molecule has 168 valence electrons. The van der Waals surface area contributed by atoms with Gasteiger partial charge in [0, 0.05) is 55.8 Å². The number of tetrazole rings is 1. The van der Waals surface area contributed by atoms with Crippen LogP contribution in [0.5, 0.6) is 0 Å². The fourth-order valence-electron chi connectivity index (χ4n) is 3.75. The van der Waals surface area contributed by atoms with E-state index in [2.05, 4.69) is 39.1 Å². The summed E-state index contributed by atoms with van der Waals surface area (Å²) in [5.41, 5.74) is 1.92. The molecule has 1 aliphatic rings. The Morgan fingerprint density at radius 3 is 2.53 bits per heavy atom. The Labute approximate surface area is 188 Å². The summed E-state index contributed by atoms with van der Waals surface area (Å²) < 4.78 is 0. The summed E-state index contributed by atoms with van der Waals surface area (Å²) in [4.78, 5) is 27.7. The van der Waals surface area contributed by atoms with Crippen LogP contribution in [0.2, 0.25) is 0 Å². The molecule has 3 heterocycles. The topological polar surface area (TPSA) is 92.9 Å². The zero-order valence-corrected chi connectivity index (χ0v) is 19.0. The first-order valence-corrected chi connectivity index (χ1v) is 11.2. The number of carbonyl (C=O) groups is 1. The van der Waals surface area contributed by atoms with Crippen molar-refractivity contribution in [1.29, 1.82) is 0 Å². The minimum Gasteiger partial charge on any atom is -0.353 e. The molecule has 32 heavy (non-hydrogen) atoms. The highest BCUT2D eigenvalue weighted by Crippen LogP contribution is 2.19. The van der Waals surface area contributed by atoms with Crippen molar-refractivity contribution in [3.05, 3.63) is 47.9 Å². The van der Waals surface area contributed by atoms with Crippen LogP contribution in [-0.2, 0) is 11.3 Å². The fourth-order valence-corrected chi connectivity index (χ4v) is 3.75. The minimum absolute atomic E-state index is 0.176. The lowest BCUT2D eigenvalue weighted by Gasteiger charge is -2.35. The standard InChI is InChI=1S/C23H30N8O/c1-17(2)22-24-18(3)16-20(25-22)29-12-14-30(15-13-29)21(32)10-7-11-31-27-23(26-28-31)19-8-5-4-6-9-19/h4-6,8-9,16-17H,7,10-15H2,1-3H3. The molecule has 9 heteroatoms. The number of aromatic nitrogens is 6. The highest BCUT2D eigenvalue weighted by molar-refractivity contribution is 5.76. The normalized spacial score (nSPS) is 14.2. The average Bonchev–Trinajstić information content (AvgIpc) is 3.28.